The van der Waals surface area contributed by atoms with Crippen LogP contribution in [0.15, 0.2) is 30.9 Å². The van der Waals surface area contributed by atoms with Gasteiger partial charge in [-0.2, -0.15) is 13.2 Å². The summed E-state index contributed by atoms with van der Waals surface area (Å²) in [5.74, 6) is -0.872. The van der Waals surface area contributed by atoms with Crippen molar-refractivity contribution in [3.8, 4) is 0 Å². The Morgan fingerprint density at radius 2 is 1.83 bits per heavy atom. The molecule has 1 saturated heterocycles. The molecule has 1 aliphatic rings. The maximum atomic E-state index is 13.2. The topological polar surface area (TPSA) is 15.3 Å². The number of hydrogen-bond acceptors (Lipinski definition) is 2. The molecule has 0 amide bonds. The summed E-state index contributed by atoms with van der Waals surface area (Å²) in [6, 6.07) is 2.48. The molecule has 0 bridgehead atoms. The molecule has 1 aromatic carbocycles. The van der Waals surface area contributed by atoms with Gasteiger partial charge in [-0.1, -0.05) is 12.1 Å². The number of hydrogen-bond donors (Lipinski definition) is 1. The Hall–Kier alpha value is -0.820. The molecule has 0 aromatic heterocycles. The Labute approximate surface area is 145 Å². The van der Waals surface area contributed by atoms with Crippen molar-refractivity contribution in [2.24, 2.45) is 0 Å². The van der Waals surface area contributed by atoms with Crippen LogP contribution in [0.25, 0.3) is 0 Å². The van der Waals surface area contributed by atoms with E-state index in [9.17, 15) is 17.6 Å². The first kappa shape index (κ1) is 22.2. The van der Waals surface area contributed by atoms with Gasteiger partial charge < -0.3 is 5.32 Å². The van der Waals surface area contributed by atoms with E-state index in [2.05, 4.69) is 11.9 Å². The summed E-state index contributed by atoms with van der Waals surface area (Å²) < 4.78 is 52.7. The molecule has 0 unspecified atom stereocenters. The molecule has 8 heteroatoms. The molecule has 1 aliphatic heterocycles. The minimum absolute atomic E-state index is 0. The number of halogens is 6. The van der Waals surface area contributed by atoms with Gasteiger partial charge in [0, 0.05) is 32.2 Å². The van der Waals surface area contributed by atoms with Crippen molar-refractivity contribution < 1.29 is 17.6 Å². The number of nitrogens with zero attached hydrogens (tertiary/aromatic N) is 1. The number of rotatable bonds is 4. The highest BCUT2D eigenvalue weighted by Gasteiger charge is 2.36. The molecule has 0 saturated carbocycles. The average Bonchev–Trinajstić information content (AvgIpc) is 2.45. The number of nitrogens with one attached hydrogen (secondary N) is 1. The lowest BCUT2D eigenvalue weighted by molar-refractivity contribution is -0.139. The quantitative estimate of drug-likeness (QED) is 0.627. The third-order valence-electron chi connectivity index (χ3n) is 3.66. The van der Waals surface area contributed by atoms with Crippen molar-refractivity contribution in [2.75, 3.05) is 26.2 Å². The van der Waals surface area contributed by atoms with Gasteiger partial charge in [-0.25, -0.2) is 4.39 Å². The van der Waals surface area contributed by atoms with Crippen molar-refractivity contribution in [3.63, 3.8) is 0 Å². The Morgan fingerprint density at radius 3 is 2.35 bits per heavy atom. The molecule has 1 atom stereocenters. The van der Waals surface area contributed by atoms with Crippen LogP contribution in [-0.4, -0.2) is 31.1 Å². The Balaban J connectivity index is 0.00000242. The van der Waals surface area contributed by atoms with Crippen molar-refractivity contribution in [1.82, 2.24) is 10.2 Å². The van der Waals surface area contributed by atoms with Crippen LogP contribution < -0.4 is 5.32 Å². The molecule has 0 aliphatic carbocycles. The third kappa shape index (κ3) is 5.64. The van der Waals surface area contributed by atoms with E-state index in [1.807, 2.05) is 4.90 Å². The maximum absolute atomic E-state index is 13.2. The predicted octanol–water partition coefficient (Wildman–Crippen LogP) is 4.21. The lowest BCUT2D eigenvalue weighted by atomic mass is 9.95. The number of benzene rings is 1. The van der Waals surface area contributed by atoms with E-state index in [1.54, 1.807) is 6.08 Å². The van der Waals surface area contributed by atoms with Crippen LogP contribution in [0.2, 0.25) is 0 Å². The second-order valence-corrected chi connectivity index (χ2v) is 5.06. The Kier molecular flexibility index (Phi) is 9.13. The van der Waals surface area contributed by atoms with Crippen LogP contribution in [0, 0.1) is 5.82 Å². The minimum atomic E-state index is -4.56. The molecule has 0 spiro atoms. The summed E-state index contributed by atoms with van der Waals surface area (Å²) >= 11 is 0. The van der Waals surface area contributed by atoms with Gasteiger partial charge in [0.1, 0.15) is 5.82 Å². The second kappa shape index (κ2) is 9.47. The Morgan fingerprint density at radius 1 is 1.22 bits per heavy atom. The van der Waals surface area contributed by atoms with Crippen molar-refractivity contribution in [3.05, 3.63) is 47.8 Å². The maximum Gasteiger partial charge on any atom is 0.416 e. The molecule has 1 aromatic rings. The monoisotopic (exact) mass is 374 g/mol. The summed E-state index contributed by atoms with van der Waals surface area (Å²) in [6.07, 6.45) is -2.56. The second-order valence-electron chi connectivity index (χ2n) is 5.06. The van der Waals surface area contributed by atoms with E-state index < -0.39 is 23.6 Å². The highest BCUT2D eigenvalue weighted by molar-refractivity contribution is 5.85. The normalized spacial score (nSPS) is 16.9. The van der Waals surface area contributed by atoms with Crippen LogP contribution in [0.3, 0.4) is 0 Å². The van der Waals surface area contributed by atoms with Gasteiger partial charge in [0.2, 0.25) is 0 Å². The molecular weight excluding hydrogens is 355 g/mol. The highest BCUT2D eigenvalue weighted by Crippen LogP contribution is 2.38. The van der Waals surface area contributed by atoms with Gasteiger partial charge in [-0.15, -0.1) is 31.4 Å². The first-order chi connectivity index (χ1) is 9.93. The standard InChI is InChI=1S/C15H18F4N2.2ClH/c1-2-3-14(21-8-6-20-7-9-21)12-5-4-11(16)10-13(12)15(17,18)19;;/h2,4-5,10,14,20H,1,3,6-9H2;2*1H/t14-;;/m0../s1. The van der Waals surface area contributed by atoms with E-state index in [4.69, 9.17) is 0 Å². The molecule has 1 fully saturated rings. The first-order valence-corrected chi connectivity index (χ1v) is 6.86. The zero-order chi connectivity index (χ0) is 15.5. The fourth-order valence-electron chi connectivity index (χ4n) is 2.69. The minimum Gasteiger partial charge on any atom is -0.314 e. The smallest absolute Gasteiger partial charge is 0.314 e. The summed E-state index contributed by atoms with van der Waals surface area (Å²) in [5, 5.41) is 3.17. The van der Waals surface area contributed by atoms with Gasteiger partial charge in [-0.3, -0.25) is 4.90 Å². The van der Waals surface area contributed by atoms with Crippen LogP contribution in [-0.2, 0) is 6.18 Å². The zero-order valence-corrected chi connectivity index (χ0v) is 14.0. The van der Waals surface area contributed by atoms with Gasteiger partial charge in [-0.05, 0) is 24.1 Å². The fraction of sp³-hybridized carbons (Fsp3) is 0.467. The molecule has 0 radical (unpaired) electrons. The van der Waals surface area contributed by atoms with Crippen LogP contribution >= 0.6 is 24.8 Å². The Bertz CT molecular complexity index is 503. The fourth-order valence-corrected chi connectivity index (χ4v) is 2.69. The number of alkyl halides is 3. The van der Waals surface area contributed by atoms with Gasteiger partial charge in [0.15, 0.2) is 0 Å². The van der Waals surface area contributed by atoms with Crippen molar-refractivity contribution in [1.29, 1.82) is 0 Å². The average molecular weight is 375 g/mol. The van der Waals surface area contributed by atoms with Gasteiger partial charge in [0.25, 0.3) is 0 Å². The van der Waals surface area contributed by atoms with Gasteiger partial charge in [0.05, 0.1) is 5.56 Å². The van der Waals surface area contributed by atoms with E-state index in [1.165, 1.54) is 6.07 Å². The first-order valence-electron chi connectivity index (χ1n) is 6.86. The molecule has 132 valence electrons. The largest absolute Gasteiger partial charge is 0.416 e. The molecular formula is C15H20Cl2F4N2. The predicted molar refractivity (Wildman–Crippen MR) is 87.9 cm³/mol. The summed E-state index contributed by atoms with van der Waals surface area (Å²) in [6.45, 7) is 6.42. The summed E-state index contributed by atoms with van der Waals surface area (Å²) in [7, 11) is 0. The van der Waals surface area contributed by atoms with Crippen LogP contribution in [0.5, 0.6) is 0 Å². The molecule has 1 heterocycles. The zero-order valence-electron chi connectivity index (χ0n) is 12.4. The van der Waals surface area contributed by atoms with Crippen molar-refractivity contribution >= 4 is 24.8 Å². The van der Waals surface area contributed by atoms with Crippen LogP contribution in [0.1, 0.15) is 23.6 Å². The van der Waals surface area contributed by atoms with Crippen LogP contribution in [0.4, 0.5) is 17.6 Å². The van der Waals surface area contributed by atoms with Crippen molar-refractivity contribution in [2.45, 2.75) is 18.6 Å². The van der Waals surface area contributed by atoms with E-state index >= 15 is 0 Å². The van der Waals surface area contributed by atoms with E-state index in [-0.39, 0.29) is 30.4 Å². The molecule has 2 nitrogen and oxygen atoms in total. The molecule has 1 N–H and O–H groups in total. The number of piperazine rings is 1. The van der Waals surface area contributed by atoms with E-state index in [0.717, 1.165) is 19.2 Å². The van der Waals surface area contributed by atoms with E-state index in [0.29, 0.717) is 25.6 Å². The molecule has 2 rings (SSSR count). The SMILES string of the molecule is C=CC[C@@H](c1ccc(F)cc1C(F)(F)F)N1CCNCC1.Cl.Cl. The third-order valence-corrected chi connectivity index (χ3v) is 3.66. The highest BCUT2D eigenvalue weighted by atomic mass is 35.5. The summed E-state index contributed by atoms with van der Waals surface area (Å²) in [5.41, 5.74) is -0.779. The molecule has 23 heavy (non-hydrogen) atoms. The lowest BCUT2D eigenvalue weighted by Crippen LogP contribution is -2.45. The van der Waals surface area contributed by atoms with Gasteiger partial charge >= 0.3 is 6.18 Å². The lowest BCUT2D eigenvalue weighted by Gasteiger charge is -2.35. The summed E-state index contributed by atoms with van der Waals surface area (Å²) in [4.78, 5) is 1.99.